The van der Waals surface area contributed by atoms with Gasteiger partial charge in [0.05, 0.1) is 35.2 Å². The zero-order valence-electron chi connectivity index (χ0n) is 16.1. The fourth-order valence-corrected chi connectivity index (χ4v) is 6.25. The predicted octanol–water partition coefficient (Wildman–Crippen LogP) is 2.30. The van der Waals surface area contributed by atoms with Crippen LogP contribution < -0.4 is 5.32 Å². The van der Waals surface area contributed by atoms with Gasteiger partial charge in [0.2, 0.25) is 5.91 Å². The lowest BCUT2D eigenvalue weighted by Gasteiger charge is -2.17. The minimum atomic E-state index is -2.96. The first-order valence-corrected chi connectivity index (χ1v) is 12.4. The number of benzene rings is 1. The number of nitrogens with zero attached hydrogens (tertiary/aromatic N) is 2. The van der Waals surface area contributed by atoms with Gasteiger partial charge in [-0.15, -0.1) is 11.3 Å². The molecule has 0 bridgehead atoms. The van der Waals surface area contributed by atoms with Crippen LogP contribution in [0.2, 0.25) is 5.02 Å². The molecular formula is C19H24ClN3O4S2. The third-order valence-electron chi connectivity index (χ3n) is 4.74. The number of aliphatic hydroxyl groups excluding tert-OH is 1. The molecule has 0 radical (unpaired) electrons. The fraction of sp³-hybridized carbons (Fsp3) is 0.474. The smallest absolute Gasteiger partial charge is 0.230 e. The maximum Gasteiger partial charge on any atom is 0.230 e. The van der Waals surface area contributed by atoms with Gasteiger partial charge in [-0.2, -0.15) is 0 Å². The van der Waals surface area contributed by atoms with Crippen LogP contribution in [0.25, 0.3) is 0 Å². The number of rotatable bonds is 8. The van der Waals surface area contributed by atoms with Crippen molar-refractivity contribution < 1.29 is 18.3 Å². The van der Waals surface area contributed by atoms with Crippen molar-refractivity contribution in [2.24, 2.45) is 0 Å². The Morgan fingerprint density at radius 3 is 2.93 bits per heavy atom. The van der Waals surface area contributed by atoms with Gasteiger partial charge in [0.25, 0.3) is 0 Å². The molecule has 29 heavy (non-hydrogen) atoms. The van der Waals surface area contributed by atoms with Crippen molar-refractivity contribution in [2.75, 3.05) is 37.0 Å². The molecule has 1 unspecified atom stereocenters. The van der Waals surface area contributed by atoms with Gasteiger partial charge in [0.1, 0.15) is 0 Å². The number of halogens is 1. The van der Waals surface area contributed by atoms with Crippen molar-refractivity contribution in [1.29, 1.82) is 0 Å². The number of hydrogen-bond donors (Lipinski definition) is 2. The molecule has 1 atom stereocenters. The molecule has 2 aromatic rings. The molecule has 1 saturated heterocycles. The number of sulfone groups is 1. The highest BCUT2D eigenvalue weighted by molar-refractivity contribution is 7.91. The molecule has 1 aliphatic rings. The Hall–Kier alpha value is -1.52. The molecule has 1 amide bonds. The number of thiazole rings is 1. The summed E-state index contributed by atoms with van der Waals surface area (Å²) in [6.45, 7) is 1.15. The summed E-state index contributed by atoms with van der Waals surface area (Å²) in [4.78, 5) is 18.8. The van der Waals surface area contributed by atoms with Crippen LogP contribution in [0.15, 0.2) is 23.6 Å². The minimum absolute atomic E-state index is 0.0588. The van der Waals surface area contributed by atoms with E-state index in [9.17, 15) is 13.2 Å². The molecule has 1 aromatic heterocycles. The molecule has 3 rings (SSSR count). The van der Waals surface area contributed by atoms with Crippen molar-refractivity contribution in [3.8, 4) is 0 Å². The topological polar surface area (TPSA) is 99.6 Å². The molecule has 1 fully saturated rings. The molecule has 2 heterocycles. The molecule has 2 N–H and O–H groups in total. The lowest BCUT2D eigenvalue weighted by molar-refractivity contribution is -0.115. The molecule has 0 aliphatic carbocycles. The van der Waals surface area contributed by atoms with Gasteiger partial charge in [-0.3, -0.25) is 9.69 Å². The van der Waals surface area contributed by atoms with Gasteiger partial charge in [0.15, 0.2) is 9.84 Å². The lowest BCUT2D eigenvalue weighted by atomic mass is 10.1. The van der Waals surface area contributed by atoms with E-state index in [4.69, 9.17) is 16.7 Å². The van der Waals surface area contributed by atoms with Crippen molar-refractivity contribution in [2.45, 2.75) is 25.3 Å². The molecule has 7 nitrogen and oxygen atoms in total. The van der Waals surface area contributed by atoms with E-state index in [1.165, 1.54) is 11.3 Å². The summed E-state index contributed by atoms with van der Waals surface area (Å²) >= 11 is 7.65. The van der Waals surface area contributed by atoms with Gasteiger partial charge in [-0.25, -0.2) is 13.4 Å². The second-order valence-electron chi connectivity index (χ2n) is 7.27. The van der Waals surface area contributed by atoms with Crippen LogP contribution in [0, 0.1) is 0 Å². The average molecular weight is 458 g/mol. The van der Waals surface area contributed by atoms with E-state index in [1.807, 2.05) is 23.4 Å². The number of hydrogen-bond acceptors (Lipinski definition) is 7. The monoisotopic (exact) mass is 457 g/mol. The summed E-state index contributed by atoms with van der Waals surface area (Å²) in [6, 6.07) is 5.30. The second kappa shape index (κ2) is 9.53. The average Bonchev–Trinajstić information content (AvgIpc) is 3.24. The number of aromatic nitrogens is 1. The first-order chi connectivity index (χ1) is 13.8. The number of anilines is 1. The molecule has 0 saturated carbocycles. The number of nitrogens with one attached hydrogen (secondary N) is 1. The quantitative estimate of drug-likeness (QED) is 0.631. The zero-order valence-corrected chi connectivity index (χ0v) is 18.5. The number of carbonyl (C=O) groups is 1. The van der Waals surface area contributed by atoms with E-state index in [0.29, 0.717) is 35.9 Å². The first-order valence-electron chi connectivity index (χ1n) is 9.28. The maximum atomic E-state index is 12.4. The third-order valence-corrected chi connectivity index (χ3v) is 7.94. The second-order valence-corrected chi connectivity index (χ2v) is 10.8. The Morgan fingerprint density at radius 2 is 2.24 bits per heavy atom. The molecule has 1 aliphatic heterocycles. The zero-order chi connectivity index (χ0) is 21.0. The lowest BCUT2D eigenvalue weighted by Crippen LogP contribution is -2.22. The normalized spacial score (nSPS) is 18.3. The Kier molecular flexibility index (Phi) is 7.28. The Morgan fingerprint density at radius 1 is 1.45 bits per heavy atom. The third kappa shape index (κ3) is 6.23. The number of likely N-dealkylation sites (N-methyl/N-ethyl adjacent to an activating group) is 1. The Labute approximate surface area is 179 Å². The summed E-state index contributed by atoms with van der Waals surface area (Å²) in [5, 5.41) is 15.1. The predicted molar refractivity (Wildman–Crippen MR) is 115 cm³/mol. The summed E-state index contributed by atoms with van der Waals surface area (Å²) in [6.07, 6.45) is 0.720. The highest BCUT2D eigenvalue weighted by atomic mass is 35.5. The maximum absolute atomic E-state index is 12.4. The SMILES string of the molecule is CN(CCO)Cc1cc(NC(=O)Cc2csc(C3CCS(=O)(=O)C3)n2)ccc1Cl. The van der Waals surface area contributed by atoms with E-state index in [0.717, 1.165) is 10.6 Å². The number of carbonyl (C=O) groups excluding carboxylic acids is 1. The van der Waals surface area contributed by atoms with Crippen LogP contribution >= 0.6 is 22.9 Å². The van der Waals surface area contributed by atoms with Gasteiger partial charge in [-0.05, 0) is 37.2 Å². The highest BCUT2D eigenvalue weighted by Crippen LogP contribution is 2.31. The first kappa shape index (κ1) is 22.2. The minimum Gasteiger partial charge on any atom is -0.395 e. The van der Waals surface area contributed by atoms with E-state index in [-0.39, 0.29) is 36.4 Å². The van der Waals surface area contributed by atoms with Crippen LogP contribution in [0.5, 0.6) is 0 Å². The standard InChI is InChI=1S/C19H24ClN3O4S2/c1-23(5-6-24)10-14-8-15(2-3-17(14)20)21-18(25)9-16-11-28-19(22-16)13-4-7-29(26,27)12-13/h2-3,8,11,13,24H,4-7,9-10,12H2,1H3,(H,21,25). The van der Waals surface area contributed by atoms with Crippen molar-refractivity contribution in [3.05, 3.63) is 44.9 Å². The number of aliphatic hydroxyl groups is 1. The van der Waals surface area contributed by atoms with E-state index in [2.05, 4.69) is 10.3 Å². The molecular weight excluding hydrogens is 434 g/mol. The summed E-state index contributed by atoms with van der Waals surface area (Å²) in [5.41, 5.74) is 2.15. The Balaban J connectivity index is 1.60. The van der Waals surface area contributed by atoms with Crippen molar-refractivity contribution >= 4 is 44.4 Å². The molecule has 0 spiro atoms. The van der Waals surface area contributed by atoms with Crippen LogP contribution in [-0.4, -0.2) is 61.0 Å². The summed E-state index contributed by atoms with van der Waals surface area (Å²) in [5.74, 6) is 0.0959. The van der Waals surface area contributed by atoms with E-state index >= 15 is 0 Å². The number of amides is 1. The van der Waals surface area contributed by atoms with Crippen molar-refractivity contribution in [3.63, 3.8) is 0 Å². The van der Waals surface area contributed by atoms with Gasteiger partial charge in [0, 0.05) is 35.1 Å². The van der Waals surface area contributed by atoms with Gasteiger partial charge < -0.3 is 10.4 Å². The van der Waals surface area contributed by atoms with E-state index < -0.39 is 9.84 Å². The van der Waals surface area contributed by atoms with E-state index in [1.54, 1.807) is 12.1 Å². The van der Waals surface area contributed by atoms with Crippen LogP contribution in [0.4, 0.5) is 5.69 Å². The van der Waals surface area contributed by atoms with Gasteiger partial charge in [-0.1, -0.05) is 11.6 Å². The fourth-order valence-electron chi connectivity index (χ4n) is 3.27. The molecule has 10 heteroatoms. The largest absolute Gasteiger partial charge is 0.395 e. The highest BCUT2D eigenvalue weighted by Gasteiger charge is 2.31. The molecule has 1 aromatic carbocycles. The summed E-state index contributed by atoms with van der Waals surface area (Å²) < 4.78 is 23.3. The summed E-state index contributed by atoms with van der Waals surface area (Å²) in [7, 11) is -1.08. The van der Waals surface area contributed by atoms with Crippen LogP contribution in [0.3, 0.4) is 0 Å². The van der Waals surface area contributed by atoms with Gasteiger partial charge >= 0.3 is 0 Å². The van der Waals surface area contributed by atoms with Crippen LogP contribution in [-0.2, 0) is 27.6 Å². The van der Waals surface area contributed by atoms with Crippen molar-refractivity contribution in [1.82, 2.24) is 9.88 Å². The molecule has 158 valence electrons. The Bertz CT molecular complexity index is 978. The van der Waals surface area contributed by atoms with Crippen LogP contribution in [0.1, 0.15) is 28.6 Å².